The van der Waals surface area contributed by atoms with Gasteiger partial charge in [0, 0.05) is 38.6 Å². The van der Waals surface area contributed by atoms with Crippen LogP contribution in [0.1, 0.15) is 93.7 Å². The van der Waals surface area contributed by atoms with Crippen LogP contribution in [0.2, 0.25) is 0 Å². The zero-order chi connectivity index (χ0) is 60.4. The van der Waals surface area contributed by atoms with Gasteiger partial charge in [-0.3, -0.25) is 52.7 Å². The molecule has 83 heavy (non-hydrogen) atoms. The summed E-state index contributed by atoms with van der Waals surface area (Å²) < 4.78 is 0. The Bertz CT molecular complexity index is 2730. The van der Waals surface area contributed by atoms with E-state index in [4.69, 9.17) is 17.2 Å². The summed E-state index contributed by atoms with van der Waals surface area (Å²) in [6.45, 7) is 0.842. The smallest absolute Gasteiger partial charge is 0.326 e. The van der Waals surface area contributed by atoms with Gasteiger partial charge in [0.2, 0.25) is 59.1 Å². The Morgan fingerprint density at radius 3 is 1.37 bits per heavy atom. The molecule has 0 aliphatic carbocycles. The highest BCUT2D eigenvalue weighted by atomic mass is 16.4. The highest BCUT2D eigenvalue weighted by Crippen LogP contribution is 2.20. The number of benzene rings is 3. The van der Waals surface area contributed by atoms with E-state index in [1.807, 2.05) is 0 Å². The van der Waals surface area contributed by atoms with Gasteiger partial charge in [-0.05, 0) is 87.6 Å². The van der Waals surface area contributed by atoms with Gasteiger partial charge in [0.25, 0.3) is 0 Å². The van der Waals surface area contributed by atoms with Gasteiger partial charge in [0.05, 0.1) is 12.5 Å². The topological polar surface area (TPSA) is 423 Å². The lowest BCUT2D eigenvalue weighted by atomic mass is 10.0. The van der Waals surface area contributed by atoms with Crippen molar-refractivity contribution in [3.8, 4) is 0 Å². The van der Waals surface area contributed by atoms with Gasteiger partial charge in [-0.2, -0.15) is 0 Å². The average Bonchev–Trinajstić information content (AvgIpc) is 4.27. The zero-order valence-corrected chi connectivity index (χ0v) is 46.1. The van der Waals surface area contributed by atoms with Crippen molar-refractivity contribution in [1.29, 1.82) is 0 Å². The van der Waals surface area contributed by atoms with Crippen molar-refractivity contribution in [3.63, 3.8) is 0 Å². The van der Waals surface area contributed by atoms with Gasteiger partial charge in [-0.25, -0.2) is 4.79 Å². The van der Waals surface area contributed by atoms with Crippen LogP contribution in [0.3, 0.4) is 0 Å². The molecule has 26 heteroatoms. The van der Waals surface area contributed by atoms with Crippen LogP contribution in [0, 0.1) is 0 Å². The molecule has 2 aliphatic heterocycles. The summed E-state index contributed by atoms with van der Waals surface area (Å²) in [6, 6.07) is 13.0. The molecule has 2 fully saturated rings. The van der Waals surface area contributed by atoms with Crippen molar-refractivity contribution in [2.45, 2.75) is 151 Å². The lowest BCUT2D eigenvalue weighted by Gasteiger charge is -2.29. The Morgan fingerprint density at radius 2 is 0.940 bits per heavy atom. The first kappa shape index (κ1) is 65.0. The van der Waals surface area contributed by atoms with Gasteiger partial charge in [0.1, 0.15) is 48.3 Å². The van der Waals surface area contributed by atoms with Crippen LogP contribution in [0.15, 0.2) is 91.0 Å². The maximum atomic E-state index is 14.6. The molecule has 3 aromatic carbocycles. The molecular weight excluding hydrogens is 1080 g/mol. The van der Waals surface area contributed by atoms with E-state index in [1.165, 1.54) is 0 Å². The van der Waals surface area contributed by atoms with Crippen molar-refractivity contribution in [1.82, 2.24) is 47.4 Å². The monoisotopic (exact) mass is 1150 g/mol. The minimum Gasteiger partial charge on any atom is -0.481 e. The van der Waals surface area contributed by atoms with E-state index >= 15 is 0 Å². The Hall–Kier alpha value is -8.78. The van der Waals surface area contributed by atoms with E-state index in [-0.39, 0.29) is 64.5 Å². The number of nitrogens with one attached hydrogen (secondary N) is 8. The zero-order valence-electron chi connectivity index (χ0n) is 46.1. The molecule has 0 unspecified atom stereocenters. The lowest BCUT2D eigenvalue weighted by molar-refractivity contribution is -0.149. The third-order valence-electron chi connectivity index (χ3n) is 14.1. The molecule has 5 rings (SSSR count). The quantitative estimate of drug-likeness (QED) is 0.0290. The second-order valence-electron chi connectivity index (χ2n) is 20.6. The van der Waals surface area contributed by atoms with Gasteiger partial charge in [0.15, 0.2) is 0 Å². The first-order valence-electron chi connectivity index (χ1n) is 27.7. The molecule has 10 amide bonds. The maximum absolute atomic E-state index is 14.6. The fourth-order valence-corrected chi connectivity index (χ4v) is 9.73. The molecule has 0 saturated carbocycles. The predicted octanol–water partition coefficient (Wildman–Crippen LogP) is -1.93. The Balaban J connectivity index is 1.41. The Labute approximate surface area is 479 Å². The maximum Gasteiger partial charge on any atom is 0.326 e. The fourth-order valence-electron chi connectivity index (χ4n) is 9.73. The molecular formula is C57H76N12O14. The second kappa shape index (κ2) is 33.2. The number of nitrogens with two attached hydrogens (primary N) is 3. The van der Waals surface area contributed by atoms with Crippen LogP contribution in [-0.2, 0) is 76.8 Å². The minimum atomic E-state index is -1.80. The van der Waals surface area contributed by atoms with Crippen LogP contribution < -0.4 is 59.7 Å². The molecule has 26 nitrogen and oxygen atoms in total. The van der Waals surface area contributed by atoms with Gasteiger partial charge in [-0.1, -0.05) is 91.0 Å². The van der Waals surface area contributed by atoms with Gasteiger partial charge >= 0.3 is 11.9 Å². The molecule has 448 valence electrons. The van der Waals surface area contributed by atoms with Crippen LogP contribution in [0.25, 0.3) is 0 Å². The molecule has 3 aromatic rings. The molecule has 9 atom stereocenters. The number of carboxylic acid groups (broad SMARTS) is 2. The van der Waals surface area contributed by atoms with Crippen molar-refractivity contribution in [2.75, 3.05) is 19.6 Å². The highest BCUT2D eigenvalue weighted by molar-refractivity contribution is 5.99. The minimum absolute atomic E-state index is 0.0309. The van der Waals surface area contributed by atoms with E-state index < -0.39 is 138 Å². The number of hydrogen-bond acceptors (Lipinski definition) is 14. The number of carbonyl (C=O) groups excluding carboxylic acids is 10. The van der Waals surface area contributed by atoms with E-state index in [0.717, 1.165) is 4.90 Å². The lowest BCUT2D eigenvalue weighted by Crippen LogP contribution is -2.61. The summed E-state index contributed by atoms with van der Waals surface area (Å²) in [7, 11) is 0. The molecule has 0 radical (unpaired) electrons. The molecule has 16 N–H and O–H groups in total. The van der Waals surface area contributed by atoms with Gasteiger partial charge < -0.3 is 74.8 Å². The predicted molar refractivity (Wildman–Crippen MR) is 299 cm³/mol. The van der Waals surface area contributed by atoms with Crippen LogP contribution in [0.4, 0.5) is 0 Å². The van der Waals surface area contributed by atoms with Crippen molar-refractivity contribution in [3.05, 3.63) is 108 Å². The van der Waals surface area contributed by atoms with E-state index in [0.29, 0.717) is 55.3 Å². The van der Waals surface area contributed by atoms with Crippen molar-refractivity contribution < 1.29 is 67.7 Å². The number of carbonyl (C=O) groups is 12. The van der Waals surface area contributed by atoms with E-state index in [9.17, 15) is 67.7 Å². The third-order valence-corrected chi connectivity index (χ3v) is 14.1. The second-order valence-corrected chi connectivity index (χ2v) is 20.6. The molecule has 2 heterocycles. The highest BCUT2D eigenvalue weighted by Gasteiger charge is 2.40. The molecule has 0 aromatic heterocycles. The SMILES string of the molecule is NCCCC[C@H](NC(=O)[C@H](Cc1ccccc1)NC(=O)[C@H](CCC(=O)O)NC(=O)[C@@H]1CCCN1)C(=O)N[C@@H](Cc1ccccc1)C(=O)N[C@@H](CC(N)=O)C(=O)N[C@@H](Cc1ccccc1)C(=O)N[C@@H](CCC(N)=O)C(=O)N1CCC[C@H]1C(=O)O. The number of aliphatic carboxylic acids is 2. The number of primary amides is 2. The number of hydrogen-bond donors (Lipinski definition) is 13. The van der Waals surface area contributed by atoms with Crippen LogP contribution in [0.5, 0.6) is 0 Å². The first-order valence-corrected chi connectivity index (χ1v) is 27.7. The fraction of sp³-hybridized carbons (Fsp3) is 0.474. The summed E-state index contributed by atoms with van der Waals surface area (Å²) in [4.78, 5) is 163. The summed E-state index contributed by atoms with van der Waals surface area (Å²) in [6.07, 6.45) is -0.475. The number of carboxylic acids is 2. The third kappa shape index (κ3) is 21.6. The van der Waals surface area contributed by atoms with Crippen molar-refractivity contribution >= 4 is 71.0 Å². The molecule has 2 saturated heterocycles. The largest absolute Gasteiger partial charge is 0.481 e. The number of rotatable bonds is 34. The standard InChI is InChI=1S/C57H76N12O14/c58-27-11-10-20-38(62-52(77)41(30-34-14-4-1-5-15-34)66-51(76)39(24-26-48(72)73)63-49(74)37-21-12-28-61-37)50(75)65-43(32-36-18-8-3-9-19-36)54(79)68-44(33-47(60)71)55(80)67-42(31-35-16-6-2-7-17-35)53(78)64-40(23-25-46(59)70)56(81)69-29-13-22-45(69)57(82)83/h1-9,14-19,37-45,61H,10-13,20-33,58H2,(H2,59,70)(H2,60,71)(H,62,77)(H,63,74)(H,64,78)(H,65,75)(H,66,76)(H,67,80)(H,68,79)(H,72,73)(H,82,83)/t37-,38-,39-,40-,41-,42-,43-,44-,45-/m0/s1. The Morgan fingerprint density at radius 1 is 0.506 bits per heavy atom. The van der Waals surface area contributed by atoms with E-state index in [1.54, 1.807) is 91.0 Å². The number of nitrogens with zero attached hydrogens (tertiary/aromatic N) is 1. The summed E-state index contributed by atoms with van der Waals surface area (Å²) in [5, 5.41) is 40.6. The normalized spacial score (nSPS) is 17.1. The van der Waals surface area contributed by atoms with Crippen molar-refractivity contribution in [2.24, 2.45) is 17.2 Å². The first-order chi connectivity index (χ1) is 39.7. The van der Waals surface area contributed by atoms with E-state index in [2.05, 4.69) is 42.5 Å². The van der Waals surface area contributed by atoms with Gasteiger partial charge in [-0.15, -0.1) is 0 Å². The summed E-state index contributed by atoms with van der Waals surface area (Å²) >= 11 is 0. The average molecular weight is 1150 g/mol. The van der Waals surface area contributed by atoms with Crippen LogP contribution >= 0.6 is 0 Å². The summed E-state index contributed by atoms with van der Waals surface area (Å²) in [5.41, 5.74) is 18.5. The number of unbranched alkanes of at least 4 members (excludes halogenated alkanes) is 1. The summed E-state index contributed by atoms with van der Waals surface area (Å²) in [5.74, 6) is -11.3. The number of likely N-dealkylation sites (tertiary alicyclic amines) is 1. The van der Waals surface area contributed by atoms with Crippen LogP contribution in [-0.4, -0.2) is 160 Å². The molecule has 0 spiro atoms. The molecule has 2 aliphatic rings. The number of amides is 10. The molecule has 0 bridgehead atoms. The Kier molecular flexibility index (Phi) is 26.0.